The normalized spacial score (nSPS) is 10.1. The van der Waals surface area contributed by atoms with E-state index in [1.807, 2.05) is 30.3 Å². The van der Waals surface area contributed by atoms with Crippen LogP contribution in [0.4, 0.5) is 0 Å². The van der Waals surface area contributed by atoms with Gasteiger partial charge in [-0.1, -0.05) is 0 Å². The van der Waals surface area contributed by atoms with Crippen molar-refractivity contribution in [3.8, 4) is 0 Å². The standard InChI is InChI=1S/C13H9ClOSe/c14-11-8-6-10(7-9-11)13(15)16-12-4-2-1-3-5-12/h1-9H. The van der Waals surface area contributed by atoms with Crippen LogP contribution in [-0.4, -0.2) is 19.6 Å². The van der Waals surface area contributed by atoms with E-state index in [1.54, 1.807) is 24.3 Å². The van der Waals surface area contributed by atoms with E-state index >= 15 is 0 Å². The van der Waals surface area contributed by atoms with Gasteiger partial charge in [0.25, 0.3) is 0 Å². The molecular formula is C13H9ClOSe. The van der Waals surface area contributed by atoms with Gasteiger partial charge in [-0.05, 0) is 0 Å². The van der Waals surface area contributed by atoms with Crippen LogP contribution in [-0.2, 0) is 0 Å². The minimum atomic E-state index is -0.158. The number of hydrogen-bond donors (Lipinski definition) is 0. The van der Waals surface area contributed by atoms with Gasteiger partial charge in [-0.15, -0.1) is 0 Å². The van der Waals surface area contributed by atoms with Crippen LogP contribution in [0.15, 0.2) is 54.6 Å². The molecule has 0 aromatic heterocycles. The second-order valence-electron chi connectivity index (χ2n) is 3.21. The van der Waals surface area contributed by atoms with Crippen LogP contribution >= 0.6 is 11.6 Å². The van der Waals surface area contributed by atoms with Crippen LogP contribution in [0.2, 0.25) is 5.02 Å². The number of halogens is 1. The molecule has 80 valence electrons. The van der Waals surface area contributed by atoms with Crippen molar-refractivity contribution in [1.82, 2.24) is 0 Å². The van der Waals surface area contributed by atoms with Crippen LogP contribution in [0.5, 0.6) is 0 Å². The number of benzene rings is 2. The summed E-state index contributed by atoms with van der Waals surface area (Å²) in [5.41, 5.74) is 0.730. The third-order valence-electron chi connectivity index (χ3n) is 2.03. The molecule has 0 fully saturated rings. The average Bonchev–Trinajstić information content (AvgIpc) is 2.31. The van der Waals surface area contributed by atoms with Crippen molar-refractivity contribution >= 4 is 35.7 Å². The van der Waals surface area contributed by atoms with E-state index in [0.29, 0.717) is 5.02 Å². The predicted octanol–water partition coefficient (Wildman–Crippen LogP) is 2.51. The summed E-state index contributed by atoms with van der Waals surface area (Å²) in [5.74, 6) is 0. The van der Waals surface area contributed by atoms with E-state index in [0.717, 1.165) is 10.0 Å². The van der Waals surface area contributed by atoms with Gasteiger partial charge in [-0.25, -0.2) is 0 Å². The summed E-state index contributed by atoms with van der Waals surface area (Å²) in [5, 5.41) is 0.656. The molecule has 0 aliphatic rings. The fraction of sp³-hybridized carbons (Fsp3) is 0. The zero-order valence-corrected chi connectivity index (χ0v) is 10.9. The summed E-state index contributed by atoms with van der Waals surface area (Å²) < 4.78 is 1.27. The first-order valence-electron chi connectivity index (χ1n) is 4.78. The van der Waals surface area contributed by atoms with Crippen LogP contribution in [0.3, 0.4) is 0 Å². The molecule has 16 heavy (non-hydrogen) atoms. The summed E-state index contributed by atoms with van der Waals surface area (Å²) in [6, 6.07) is 16.9. The van der Waals surface area contributed by atoms with E-state index in [2.05, 4.69) is 0 Å². The predicted molar refractivity (Wildman–Crippen MR) is 67.6 cm³/mol. The van der Waals surface area contributed by atoms with Gasteiger partial charge in [0.2, 0.25) is 0 Å². The summed E-state index contributed by atoms with van der Waals surface area (Å²) in [6.45, 7) is 0. The van der Waals surface area contributed by atoms with Crippen molar-refractivity contribution in [3.05, 3.63) is 65.2 Å². The molecule has 0 spiro atoms. The van der Waals surface area contributed by atoms with Crippen molar-refractivity contribution in [2.24, 2.45) is 0 Å². The Bertz CT molecular complexity index is 479. The van der Waals surface area contributed by atoms with Gasteiger partial charge in [0, 0.05) is 0 Å². The monoisotopic (exact) mass is 296 g/mol. The maximum absolute atomic E-state index is 11.9. The van der Waals surface area contributed by atoms with E-state index in [1.165, 1.54) is 0 Å². The Kier molecular flexibility index (Phi) is 3.78. The van der Waals surface area contributed by atoms with Gasteiger partial charge in [0.15, 0.2) is 0 Å². The molecule has 0 atom stereocenters. The molecule has 0 heterocycles. The molecule has 0 bridgehead atoms. The summed E-state index contributed by atoms with van der Waals surface area (Å²) in [6.07, 6.45) is 0. The topological polar surface area (TPSA) is 17.1 Å². The van der Waals surface area contributed by atoms with Gasteiger partial charge >= 0.3 is 106 Å². The molecule has 0 aliphatic heterocycles. The van der Waals surface area contributed by atoms with E-state index in [9.17, 15) is 4.79 Å². The maximum atomic E-state index is 11.9. The van der Waals surface area contributed by atoms with Gasteiger partial charge in [-0.3, -0.25) is 0 Å². The third kappa shape index (κ3) is 2.96. The SMILES string of the molecule is O=C([Se]c1ccccc1)c1ccc(Cl)cc1. The third-order valence-corrected chi connectivity index (χ3v) is 4.23. The van der Waals surface area contributed by atoms with Gasteiger partial charge in [0.1, 0.15) is 0 Å². The van der Waals surface area contributed by atoms with Crippen molar-refractivity contribution in [2.75, 3.05) is 0 Å². The molecule has 1 nitrogen and oxygen atoms in total. The molecule has 0 saturated carbocycles. The van der Waals surface area contributed by atoms with Gasteiger partial charge in [0.05, 0.1) is 0 Å². The average molecular weight is 296 g/mol. The quantitative estimate of drug-likeness (QED) is 0.795. The first-order valence-corrected chi connectivity index (χ1v) is 6.87. The van der Waals surface area contributed by atoms with Crippen molar-refractivity contribution in [3.63, 3.8) is 0 Å². The number of carbonyl (C=O) groups excluding carboxylic acids is 1. The number of hydrogen-bond acceptors (Lipinski definition) is 1. The molecular weight excluding hydrogens is 287 g/mol. The first-order chi connectivity index (χ1) is 7.75. The van der Waals surface area contributed by atoms with E-state index in [4.69, 9.17) is 11.6 Å². The second-order valence-corrected chi connectivity index (χ2v) is 5.84. The van der Waals surface area contributed by atoms with E-state index in [-0.39, 0.29) is 19.6 Å². The minimum absolute atomic E-state index is 0.158. The molecule has 0 aliphatic carbocycles. The summed E-state index contributed by atoms with van der Waals surface area (Å²) >= 11 is 5.61. The molecule has 2 aromatic carbocycles. The Balaban J connectivity index is 2.12. The Morgan fingerprint density at radius 2 is 1.56 bits per heavy atom. The van der Waals surface area contributed by atoms with Crippen molar-refractivity contribution < 1.29 is 4.79 Å². The Hall–Kier alpha value is -1.08. The Morgan fingerprint density at radius 1 is 0.938 bits per heavy atom. The van der Waals surface area contributed by atoms with Gasteiger partial charge < -0.3 is 0 Å². The van der Waals surface area contributed by atoms with Crippen LogP contribution < -0.4 is 4.46 Å². The zero-order chi connectivity index (χ0) is 11.4. The fourth-order valence-corrected chi connectivity index (χ4v) is 2.96. The Labute approximate surface area is 106 Å². The van der Waals surface area contributed by atoms with Crippen LogP contribution in [0.1, 0.15) is 10.4 Å². The molecule has 3 heteroatoms. The summed E-state index contributed by atoms with van der Waals surface area (Å²) in [7, 11) is 0. The molecule has 0 radical (unpaired) electrons. The van der Waals surface area contributed by atoms with Crippen molar-refractivity contribution in [2.45, 2.75) is 0 Å². The molecule has 2 aromatic rings. The molecule has 0 N–H and O–H groups in total. The first kappa shape index (κ1) is 11.4. The van der Waals surface area contributed by atoms with Crippen molar-refractivity contribution in [1.29, 1.82) is 0 Å². The van der Waals surface area contributed by atoms with E-state index < -0.39 is 0 Å². The number of carbonyl (C=O) groups is 1. The number of rotatable bonds is 3. The summed E-state index contributed by atoms with van der Waals surface area (Å²) in [4.78, 5) is 11.9. The van der Waals surface area contributed by atoms with Gasteiger partial charge in [-0.2, -0.15) is 0 Å². The second kappa shape index (κ2) is 5.31. The Morgan fingerprint density at radius 3 is 2.19 bits per heavy atom. The molecule has 2 rings (SSSR count). The molecule has 0 unspecified atom stereocenters. The molecule has 0 saturated heterocycles. The zero-order valence-electron chi connectivity index (χ0n) is 8.39. The molecule has 0 amide bonds. The fourth-order valence-electron chi connectivity index (χ4n) is 1.24. The van der Waals surface area contributed by atoms with Crippen LogP contribution in [0, 0.1) is 0 Å². The van der Waals surface area contributed by atoms with Crippen LogP contribution in [0.25, 0.3) is 0 Å².